The third-order valence-corrected chi connectivity index (χ3v) is 4.42. The van der Waals surface area contributed by atoms with Gasteiger partial charge in [0.1, 0.15) is 0 Å². The summed E-state index contributed by atoms with van der Waals surface area (Å²) >= 11 is 0. The topological polar surface area (TPSA) is 80.5 Å². The smallest absolute Gasteiger partial charge is 0.289 e. The van der Waals surface area contributed by atoms with E-state index in [1.165, 1.54) is 5.56 Å². The Morgan fingerprint density at radius 1 is 1.44 bits per heavy atom. The number of nitrogens with zero attached hydrogens (tertiary/aromatic N) is 3. The van der Waals surface area contributed by atoms with E-state index in [0.717, 1.165) is 38.2 Å². The molecule has 134 valence electrons. The summed E-state index contributed by atoms with van der Waals surface area (Å²) in [6, 6.07) is 5.85. The Morgan fingerprint density at radius 3 is 3.08 bits per heavy atom. The minimum atomic E-state index is -0.250. The normalized spacial score (nSPS) is 18.2. The highest BCUT2D eigenvalue weighted by atomic mass is 16.5. The zero-order chi connectivity index (χ0) is 17.5. The maximum Gasteiger partial charge on any atom is 0.289 e. The van der Waals surface area contributed by atoms with Crippen LogP contribution < -0.4 is 5.32 Å². The lowest BCUT2D eigenvalue weighted by Gasteiger charge is -2.31. The molecule has 2 aromatic rings. The number of nitrogens with one attached hydrogen (secondary N) is 1. The molecule has 7 nitrogen and oxygen atoms in total. The minimum Gasteiger partial charge on any atom is -0.383 e. The van der Waals surface area contributed by atoms with Crippen molar-refractivity contribution >= 4 is 5.91 Å². The Morgan fingerprint density at radius 2 is 2.28 bits per heavy atom. The number of ether oxygens (including phenoxy) is 1. The summed E-state index contributed by atoms with van der Waals surface area (Å²) in [7, 11) is 1.60. The van der Waals surface area contributed by atoms with Gasteiger partial charge in [-0.05, 0) is 37.1 Å². The van der Waals surface area contributed by atoms with Gasteiger partial charge in [0.25, 0.3) is 5.91 Å². The number of carbonyl (C=O) groups is 1. The molecular formula is C18H24N4O3. The third kappa shape index (κ3) is 4.87. The van der Waals surface area contributed by atoms with Gasteiger partial charge in [-0.15, -0.1) is 0 Å². The monoisotopic (exact) mass is 344 g/mol. The van der Waals surface area contributed by atoms with Gasteiger partial charge in [-0.3, -0.25) is 14.7 Å². The van der Waals surface area contributed by atoms with E-state index in [1.807, 2.05) is 24.5 Å². The molecule has 1 N–H and O–H groups in total. The number of likely N-dealkylation sites (tertiary alicyclic amines) is 1. The number of carbonyl (C=O) groups excluding carboxylic acids is 1. The van der Waals surface area contributed by atoms with Crippen LogP contribution in [0.25, 0.3) is 0 Å². The second kappa shape index (κ2) is 8.73. The Bertz CT molecular complexity index is 674. The Hall–Kier alpha value is -2.25. The van der Waals surface area contributed by atoms with E-state index in [1.54, 1.807) is 13.2 Å². The molecule has 0 aliphatic carbocycles. The third-order valence-electron chi connectivity index (χ3n) is 4.42. The van der Waals surface area contributed by atoms with Gasteiger partial charge in [0.15, 0.2) is 0 Å². The lowest BCUT2D eigenvalue weighted by atomic mass is 9.94. The van der Waals surface area contributed by atoms with Gasteiger partial charge in [-0.2, -0.15) is 0 Å². The number of aromatic nitrogens is 2. The fourth-order valence-corrected chi connectivity index (χ4v) is 3.13. The van der Waals surface area contributed by atoms with Crippen molar-refractivity contribution in [3.8, 4) is 0 Å². The minimum absolute atomic E-state index is 0.250. The quantitative estimate of drug-likeness (QED) is 0.772. The predicted octanol–water partition coefficient (Wildman–Crippen LogP) is 1.83. The number of amides is 1. The average molecular weight is 344 g/mol. The SMILES string of the molecule is COCCNC(=O)c1cc([C@H]2CCCN(Cc3ccncc3)C2)no1. The molecule has 0 spiro atoms. The molecule has 3 heterocycles. The van der Waals surface area contributed by atoms with Crippen LogP contribution in [0.2, 0.25) is 0 Å². The predicted molar refractivity (Wildman–Crippen MR) is 92.2 cm³/mol. The average Bonchev–Trinajstić information content (AvgIpc) is 3.13. The molecule has 0 aromatic carbocycles. The van der Waals surface area contributed by atoms with Crippen molar-refractivity contribution in [2.75, 3.05) is 33.4 Å². The van der Waals surface area contributed by atoms with Crippen LogP contribution in [-0.2, 0) is 11.3 Å². The molecule has 0 radical (unpaired) electrons. The molecule has 1 aliphatic heterocycles. The Kier molecular flexibility index (Phi) is 6.14. The molecule has 0 unspecified atom stereocenters. The lowest BCUT2D eigenvalue weighted by Crippen LogP contribution is -2.34. The molecule has 3 rings (SSSR count). The molecule has 1 atom stereocenters. The zero-order valence-electron chi connectivity index (χ0n) is 14.5. The van der Waals surface area contributed by atoms with Gasteiger partial charge >= 0.3 is 0 Å². The van der Waals surface area contributed by atoms with Gasteiger partial charge in [0, 0.05) is 51.1 Å². The van der Waals surface area contributed by atoms with E-state index in [4.69, 9.17) is 9.26 Å². The molecule has 1 aliphatic rings. The molecule has 1 saturated heterocycles. The van der Waals surface area contributed by atoms with Gasteiger partial charge in [-0.1, -0.05) is 5.16 Å². The van der Waals surface area contributed by atoms with Crippen molar-refractivity contribution in [2.45, 2.75) is 25.3 Å². The summed E-state index contributed by atoms with van der Waals surface area (Å²) in [5, 5.41) is 6.87. The van der Waals surface area contributed by atoms with Crippen molar-refractivity contribution in [1.82, 2.24) is 20.4 Å². The molecule has 7 heteroatoms. The van der Waals surface area contributed by atoms with Crippen LogP contribution >= 0.6 is 0 Å². The van der Waals surface area contributed by atoms with Gasteiger partial charge in [0.2, 0.25) is 5.76 Å². The van der Waals surface area contributed by atoms with E-state index >= 15 is 0 Å². The van der Waals surface area contributed by atoms with Crippen LogP contribution in [0.5, 0.6) is 0 Å². The highest BCUT2D eigenvalue weighted by molar-refractivity contribution is 5.91. The van der Waals surface area contributed by atoms with Crippen molar-refractivity contribution in [1.29, 1.82) is 0 Å². The molecule has 1 amide bonds. The maximum absolute atomic E-state index is 12.0. The van der Waals surface area contributed by atoms with E-state index in [0.29, 0.717) is 19.1 Å². The van der Waals surface area contributed by atoms with Crippen LogP contribution in [-0.4, -0.2) is 54.3 Å². The molecule has 25 heavy (non-hydrogen) atoms. The second-order valence-electron chi connectivity index (χ2n) is 6.29. The molecule has 2 aromatic heterocycles. The van der Waals surface area contributed by atoms with Crippen LogP contribution in [0.15, 0.2) is 35.1 Å². The van der Waals surface area contributed by atoms with Crippen LogP contribution in [0.1, 0.15) is 40.6 Å². The second-order valence-corrected chi connectivity index (χ2v) is 6.29. The van der Waals surface area contributed by atoms with E-state index in [-0.39, 0.29) is 11.7 Å². The molecule has 0 bridgehead atoms. The number of methoxy groups -OCH3 is 1. The van der Waals surface area contributed by atoms with E-state index < -0.39 is 0 Å². The fourth-order valence-electron chi connectivity index (χ4n) is 3.13. The van der Waals surface area contributed by atoms with Gasteiger partial charge < -0.3 is 14.6 Å². The number of hydrogen-bond acceptors (Lipinski definition) is 6. The molecule has 0 saturated carbocycles. The number of rotatable bonds is 7. The largest absolute Gasteiger partial charge is 0.383 e. The fraction of sp³-hybridized carbons (Fsp3) is 0.500. The highest BCUT2D eigenvalue weighted by Crippen LogP contribution is 2.27. The van der Waals surface area contributed by atoms with E-state index in [9.17, 15) is 4.79 Å². The van der Waals surface area contributed by atoms with Crippen molar-refractivity contribution in [3.63, 3.8) is 0 Å². The number of piperidine rings is 1. The van der Waals surface area contributed by atoms with Crippen LogP contribution in [0.3, 0.4) is 0 Å². The summed E-state index contributed by atoms with van der Waals surface area (Å²) in [6.45, 7) is 3.82. The Labute approximate surface area is 147 Å². The van der Waals surface area contributed by atoms with Gasteiger partial charge in [-0.25, -0.2) is 0 Å². The standard InChI is InChI=1S/C18H24N4O3/c1-24-10-8-20-18(23)17-11-16(21-25-17)15-3-2-9-22(13-15)12-14-4-6-19-7-5-14/h4-7,11,15H,2-3,8-10,12-13H2,1H3,(H,20,23)/t15-/m0/s1. The maximum atomic E-state index is 12.0. The van der Waals surface area contributed by atoms with E-state index in [2.05, 4.69) is 20.4 Å². The van der Waals surface area contributed by atoms with Crippen molar-refractivity contribution < 1.29 is 14.1 Å². The van der Waals surface area contributed by atoms with Crippen molar-refractivity contribution in [2.24, 2.45) is 0 Å². The van der Waals surface area contributed by atoms with Gasteiger partial charge in [0.05, 0.1) is 12.3 Å². The Balaban J connectivity index is 1.57. The summed E-state index contributed by atoms with van der Waals surface area (Å²) in [6.07, 6.45) is 5.81. The summed E-state index contributed by atoms with van der Waals surface area (Å²) < 4.78 is 10.2. The number of pyridine rings is 1. The number of hydrogen-bond donors (Lipinski definition) is 1. The first-order valence-electron chi connectivity index (χ1n) is 8.61. The van der Waals surface area contributed by atoms with Crippen LogP contribution in [0.4, 0.5) is 0 Å². The summed E-state index contributed by atoms with van der Waals surface area (Å²) in [5.74, 6) is 0.303. The zero-order valence-corrected chi connectivity index (χ0v) is 14.5. The first-order valence-corrected chi connectivity index (χ1v) is 8.61. The molecule has 1 fully saturated rings. The summed E-state index contributed by atoms with van der Waals surface area (Å²) in [5.41, 5.74) is 2.12. The lowest BCUT2D eigenvalue weighted by molar-refractivity contribution is 0.0900. The highest BCUT2D eigenvalue weighted by Gasteiger charge is 2.25. The summed E-state index contributed by atoms with van der Waals surface area (Å²) in [4.78, 5) is 18.5. The van der Waals surface area contributed by atoms with Crippen molar-refractivity contribution in [3.05, 3.63) is 47.6 Å². The van der Waals surface area contributed by atoms with Crippen LogP contribution in [0, 0.1) is 0 Å². The molecular weight excluding hydrogens is 320 g/mol. The first-order chi connectivity index (χ1) is 12.3. The first kappa shape index (κ1) is 17.6.